The summed E-state index contributed by atoms with van der Waals surface area (Å²) < 4.78 is 0. The molecule has 1 unspecified atom stereocenters. The fourth-order valence-corrected chi connectivity index (χ4v) is 2.13. The van der Waals surface area contributed by atoms with Crippen molar-refractivity contribution in [3.63, 3.8) is 0 Å². The maximum absolute atomic E-state index is 4.03. The second-order valence-electron chi connectivity index (χ2n) is 4.22. The molecule has 1 rings (SSSR count). The lowest BCUT2D eigenvalue weighted by Gasteiger charge is -2.22. The fourth-order valence-electron chi connectivity index (χ4n) is 1.95. The molecule has 1 nitrogen and oxygen atoms in total. The van der Waals surface area contributed by atoms with Crippen LogP contribution in [0.15, 0.2) is 12.2 Å². The minimum absolute atomic E-state index is 0.866. The van der Waals surface area contributed by atoms with Crippen LogP contribution in [-0.4, -0.2) is 29.9 Å². The minimum Gasteiger partial charge on any atom is -0.299 e. The Kier molecular flexibility index (Phi) is 5.04. The molecule has 1 saturated heterocycles. The number of nitrogens with zero attached hydrogens (tertiary/aromatic N) is 1. The average Bonchev–Trinajstić information content (AvgIpc) is 2.30. The summed E-state index contributed by atoms with van der Waals surface area (Å²) in [6, 6.07) is 0. The summed E-state index contributed by atoms with van der Waals surface area (Å²) in [5.41, 5.74) is 1.30. The maximum Gasteiger partial charge on any atom is 0.0251 e. The first-order chi connectivity index (χ1) is 6.22. The Hall–Kier alpha value is 0.180. The predicted molar refractivity (Wildman–Crippen MR) is 62.4 cm³/mol. The van der Waals surface area contributed by atoms with Crippen LogP contribution < -0.4 is 0 Å². The molecule has 1 aliphatic heterocycles. The van der Waals surface area contributed by atoms with Gasteiger partial charge in [-0.3, -0.25) is 4.90 Å². The zero-order valence-corrected chi connectivity index (χ0v) is 10.1. The second-order valence-corrected chi connectivity index (χ2v) is 4.78. The highest BCUT2D eigenvalue weighted by Gasteiger charge is 2.14. The summed E-state index contributed by atoms with van der Waals surface area (Å²) in [5.74, 6) is 0.866. The van der Waals surface area contributed by atoms with Crippen LogP contribution in [-0.2, 0) is 0 Å². The largest absolute Gasteiger partial charge is 0.299 e. The van der Waals surface area contributed by atoms with Crippen molar-refractivity contribution in [1.82, 2.24) is 4.90 Å². The van der Waals surface area contributed by atoms with Gasteiger partial charge in [-0.05, 0) is 25.3 Å². The topological polar surface area (TPSA) is 3.24 Å². The summed E-state index contributed by atoms with van der Waals surface area (Å²) in [7, 11) is 0. The molecule has 0 N–H and O–H groups in total. The number of likely N-dealkylation sites (tertiary alicyclic amines) is 1. The zero-order chi connectivity index (χ0) is 9.68. The monoisotopic (exact) mass is 245 g/mol. The third-order valence-corrected chi connectivity index (χ3v) is 3.42. The lowest BCUT2D eigenvalue weighted by atomic mass is 10.1. The van der Waals surface area contributed by atoms with Gasteiger partial charge in [0, 0.05) is 18.4 Å². The number of hydrogen-bond donors (Lipinski definition) is 0. The average molecular weight is 246 g/mol. The van der Waals surface area contributed by atoms with Crippen LogP contribution in [0.3, 0.4) is 0 Å². The molecule has 0 aromatic carbocycles. The van der Waals surface area contributed by atoms with E-state index in [9.17, 15) is 0 Å². The molecule has 0 aromatic rings. The van der Waals surface area contributed by atoms with Crippen molar-refractivity contribution in [2.75, 3.05) is 25.0 Å². The third-order valence-electron chi connectivity index (χ3n) is 2.63. The lowest BCUT2D eigenvalue weighted by Crippen LogP contribution is -2.29. The van der Waals surface area contributed by atoms with Gasteiger partial charge in [0.15, 0.2) is 0 Å². The van der Waals surface area contributed by atoms with Gasteiger partial charge in [-0.1, -0.05) is 41.4 Å². The smallest absolute Gasteiger partial charge is 0.0251 e. The number of alkyl halides is 1. The molecule has 1 atom stereocenters. The molecule has 0 spiro atoms. The van der Waals surface area contributed by atoms with Crippen molar-refractivity contribution in [2.45, 2.75) is 26.2 Å². The Morgan fingerprint density at radius 3 is 3.00 bits per heavy atom. The van der Waals surface area contributed by atoms with E-state index in [0.29, 0.717) is 0 Å². The minimum atomic E-state index is 0.866. The normalized spacial score (nSPS) is 25.5. The predicted octanol–water partition coefficient (Wildman–Crippen LogP) is 3.06. The summed E-state index contributed by atoms with van der Waals surface area (Å²) in [6.45, 7) is 9.99. The van der Waals surface area contributed by atoms with E-state index in [-0.39, 0.29) is 0 Å². The van der Waals surface area contributed by atoms with Gasteiger partial charge in [-0.2, -0.15) is 0 Å². The van der Waals surface area contributed by atoms with Gasteiger partial charge < -0.3 is 0 Å². The molecule has 0 amide bonds. The maximum atomic E-state index is 4.03. The van der Waals surface area contributed by atoms with E-state index >= 15 is 0 Å². The van der Waals surface area contributed by atoms with Gasteiger partial charge in [0.25, 0.3) is 0 Å². The molecule has 1 heterocycles. The Balaban J connectivity index is 2.34. The number of rotatable bonds is 3. The van der Waals surface area contributed by atoms with Crippen molar-refractivity contribution >= 4 is 15.9 Å². The van der Waals surface area contributed by atoms with Crippen LogP contribution in [0.5, 0.6) is 0 Å². The quantitative estimate of drug-likeness (QED) is 0.546. The van der Waals surface area contributed by atoms with Gasteiger partial charge in [-0.15, -0.1) is 0 Å². The van der Waals surface area contributed by atoms with Crippen molar-refractivity contribution in [3.05, 3.63) is 12.2 Å². The number of hydrogen-bond acceptors (Lipinski definition) is 1. The molecule has 0 bridgehead atoms. The van der Waals surface area contributed by atoms with Crippen molar-refractivity contribution in [2.24, 2.45) is 5.92 Å². The van der Waals surface area contributed by atoms with Gasteiger partial charge in [0.2, 0.25) is 0 Å². The van der Waals surface area contributed by atoms with Crippen LogP contribution in [0.2, 0.25) is 0 Å². The highest BCUT2D eigenvalue weighted by molar-refractivity contribution is 9.09. The molecule has 1 fully saturated rings. The fraction of sp³-hybridized carbons (Fsp3) is 0.818. The van der Waals surface area contributed by atoms with Crippen LogP contribution >= 0.6 is 15.9 Å². The molecule has 2 heteroatoms. The molecule has 0 radical (unpaired) electrons. The number of halogens is 1. The molecule has 0 aliphatic carbocycles. The Labute approximate surface area is 90.3 Å². The van der Waals surface area contributed by atoms with E-state index in [1.54, 1.807) is 0 Å². The van der Waals surface area contributed by atoms with Crippen molar-refractivity contribution in [3.8, 4) is 0 Å². The van der Waals surface area contributed by atoms with E-state index in [2.05, 4.69) is 34.3 Å². The van der Waals surface area contributed by atoms with E-state index in [1.807, 2.05) is 0 Å². The van der Waals surface area contributed by atoms with Crippen LogP contribution in [0.25, 0.3) is 0 Å². The van der Waals surface area contributed by atoms with Gasteiger partial charge >= 0.3 is 0 Å². The van der Waals surface area contributed by atoms with Crippen LogP contribution in [0.4, 0.5) is 0 Å². The second kappa shape index (κ2) is 5.82. The Morgan fingerprint density at radius 2 is 2.31 bits per heavy atom. The summed E-state index contributed by atoms with van der Waals surface area (Å²) >= 11 is 3.45. The lowest BCUT2D eigenvalue weighted by molar-refractivity contribution is 0.277. The van der Waals surface area contributed by atoms with Crippen molar-refractivity contribution < 1.29 is 0 Å². The van der Waals surface area contributed by atoms with Gasteiger partial charge in [-0.25, -0.2) is 0 Å². The zero-order valence-electron chi connectivity index (χ0n) is 8.56. The SMILES string of the molecule is C=C(CBr)CN1CCCCC(C)C1. The standard InChI is InChI=1S/C11H20BrN/c1-10-5-3-4-6-13(8-10)9-11(2)7-12/h10H,2-9H2,1H3. The molecule has 0 saturated carbocycles. The Morgan fingerprint density at radius 1 is 1.54 bits per heavy atom. The highest BCUT2D eigenvalue weighted by atomic mass is 79.9. The Bertz CT molecular complexity index is 167. The molecule has 76 valence electrons. The molecular weight excluding hydrogens is 226 g/mol. The van der Waals surface area contributed by atoms with E-state index < -0.39 is 0 Å². The van der Waals surface area contributed by atoms with E-state index in [4.69, 9.17) is 0 Å². The van der Waals surface area contributed by atoms with Gasteiger partial charge in [0.05, 0.1) is 0 Å². The highest BCUT2D eigenvalue weighted by Crippen LogP contribution is 2.16. The molecule has 1 aliphatic rings. The van der Waals surface area contributed by atoms with Gasteiger partial charge in [0.1, 0.15) is 0 Å². The van der Waals surface area contributed by atoms with Crippen LogP contribution in [0.1, 0.15) is 26.2 Å². The first kappa shape index (κ1) is 11.3. The molecule has 13 heavy (non-hydrogen) atoms. The van der Waals surface area contributed by atoms with Crippen LogP contribution in [0, 0.1) is 5.92 Å². The van der Waals surface area contributed by atoms with Crippen molar-refractivity contribution in [1.29, 1.82) is 0 Å². The first-order valence-electron chi connectivity index (χ1n) is 5.17. The molecular formula is C11H20BrN. The first-order valence-corrected chi connectivity index (χ1v) is 6.29. The van der Waals surface area contributed by atoms with E-state index in [0.717, 1.165) is 17.8 Å². The third kappa shape index (κ3) is 4.28. The summed E-state index contributed by atoms with van der Waals surface area (Å²) in [6.07, 6.45) is 4.16. The summed E-state index contributed by atoms with van der Waals surface area (Å²) in [5, 5.41) is 0.942. The van der Waals surface area contributed by atoms with E-state index in [1.165, 1.54) is 37.9 Å². The molecule has 0 aromatic heterocycles. The summed E-state index contributed by atoms with van der Waals surface area (Å²) in [4.78, 5) is 2.54.